The molecule has 4 N–H and O–H groups in total. The maximum absolute atomic E-state index is 11.8. The Morgan fingerprint density at radius 2 is 2.12 bits per heavy atom. The van der Waals surface area contributed by atoms with Gasteiger partial charge in [0.2, 0.25) is 0 Å². The van der Waals surface area contributed by atoms with E-state index in [9.17, 15) is 9.59 Å². The third-order valence-corrected chi connectivity index (χ3v) is 2.44. The molecule has 0 fully saturated rings. The second kappa shape index (κ2) is 5.34. The number of anilines is 1. The van der Waals surface area contributed by atoms with Crippen molar-refractivity contribution in [3.8, 4) is 0 Å². The van der Waals surface area contributed by atoms with Crippen molar-refractivity contribution in [3.63, 3.8) is 0 Å². The molecule has 1 aromatic rings. The number of hydrogen-bond donors (Lipinski definition) is 3. The van der Waals surface area contributed by atoms with Crippen molar-refractivity contribution in [1.29, 1.82) is 0 Å². The van der Waals surface area contributed by atoms with E-state index < -0.39 is 11.9 Å². The summed E-state index contributed by atoms with van der Waals surface area (Å²) in [6.45, 7) is 3.47. The van der Waals surface area contributed by atoms with E-state index in [1.165, 1.54) is 6.92 Å². The number of hydrogen-bond acceptors (Lipinski definition) is 3. The Bertz CT molecular complexity index is 443. The summed E-state index contributed by atoms with van der Waals surface area (Å²) in [6.07, 6.45) is 0. The van der Waals surface area contributed by atoms with Gasteiger partial charge in [-0.25, -0.2) is 0 Å². The van der Waals surface area contributed by atoms with Gasteiger partial charge in [0.25, 0.3) is 5.91 Å². The highest BCUT2D eigenvalue weighted by Crippen LogP contribution is 2.13. The van der Waals surface area contributed by atoms with E-state index in [1.807, 2.05) is 13.0 Å². The van der Waals surface area contributed by atoms with Crippen LogP contribution in [0, 0.1) is 12.8 Å². The fourth-order valence-corrected chi connectivity index (χ4v) is 1.30. The van der Waals surface area contributed by atoms with Crippen molar-refractivity contribution in [1.82, 2.24) is 5.32 Å². The fraction of sp³-hybridized carbons (Fsp3) is 0.333. The summed E-state index contributed by atoms with van der Waals surface area (Å²) in [5.74, 6) is -1.91. The first-order valence-electron chi connectivity index (χ1n) is 5.29. The minimum absolute atomic E-state index is 0.0849. The van der Waals surface area contributed by atoms with Gasteiger partial charge < -0.3 is 16.2 Å². The summed E-state index contributed by atoms with van der Waals surface area (Å²) >= 11 is 0. The molecule has 17 heavy (non-hydrogen) atoms. The third-order valence-electron chi connectivity index (χ3n) is 2.44. The molecule has 0 aliphatic rings. The van der Waals surface area contributed by atoms with Crippen molar-refractivity contribution in [3.05, 3.63) is 29.3 Å². The van der Waals surface area contributed by atoms with E-state index in [-0.39, 0.29) is 12.5 Å². The number of carboxylic acid groups (broad SMARTS) is 1. The average molecular weight is 236 g/mol. The van der Waals surface area contributed by atoms with Crippen LogP contribution in [0.25, 0.3) is 0 Å². The van der Waals surface area contributed by atoms with Crippen molar-refractivity contribution >= 4 is 17.6 Å². The zero-order valence-electron chi connectivity index (χ0n) is 9.86. The van der Waals surface area contributed by atoms with E-state index in [0.717, 1.165) is 5.56 Å². The van der Waals surface area contributed by atoms with E-state index in [0.29, 0.717) is 11.3 Å². The molecule has 0 saturated carbocycles. The fourth-order valence-electron chi connectivity index (χ4n) is 1.30. The number of carbonyl (C=O) groups excluding carboxylic acids is 1. The van der Waals surface area contributed by atoms with Crippen LogP contribution in [0.15, 0.2) is 18.2 Å². The van der Waals surface area contributed by atoms with E-state index >= 15 is 0 Å². The Balaban J connectivity index is 2.70. The second-order valence-corrected chi connectivity index (χ2v) is 4.04. The number of amides is 1. The van der Waals surface area contributed by atoms with Gasteiger partial charge in [0, 0.05) is 12.2 Å². The Morgan fingerprint density at radius 3 is 2.71 bits per heavy atom. The predicted molar refractivity (Wildman–Crippen MR) is 64.7 cm³/mol. The van der Waals surface area contributed by atoms with Crippen LogP contribution in [0.5, 0.6) is 0 Å². The normalized spacial score (nSPS) is 11.9. The van der Waals surface area contributed by atoms with Gasteiger partial charge in [-0.1, -0.05) is 18.6 Å². The van der Waals surface area contributed by atoms with Crippen LogP contribution in [0.3, 0.4) is 0 Å². The zero-order chi connectivity index (χ0) is 13.0. The van der Waals surface area contributed by atoms with Crippen molar-refractivity contribution in [2.75, 3.05) is 12.3 Å². The molecule has 1 atom stereocenters. The molecule has 1 rings (SSSR count). The van der Waals surface area contributed by atoms with Crippen molar-refractivity contribution in [2.24, 2.45) is 5.92 Å². The van der Waals surface area contributed by atoms with Crippen LogP contribution in [0.1, 0.15) is 22.8 Å². The highest BCUT2D eigenvalue weighted by atomic mass is 16.4. The summed E-state index contributed by atoms with van der Waals surface area (Å²) in [6, 6.07) is 5.15. The van der Waals surface area contributed by atoms with Gasteiger partial charge in [0.1, 0.15) is 0 Å². The lowest BCUT2D eigenvalue weighted by Gasteiger charge is -2.10. The van der Waals surface area contributed by atoms with Crippen LogP contribution >= 0.6 is 0 Å². The quantitative estimate of drug-likeness (QED) is 0.681. The molecular formula is C12H16N2O3. The molecule has 92 valence electrons. The zero-order valence-corrected chi connectivity index (χ0v) is 9.86. The minimum atomic E-state index is -0.942. The Labute approximate surface area is 99.6 Å². The number of benzene rings is 1. The number of aliphatic carboxylic acids is 1. The van der Waals surface area contributed by atoms with Gasteiger partial charge in [-0.2, -0.15) is 0 Å². The van der Waals surface area contributed by atoms with E-state index in [1.54, 1.807) is 12.1 Å². The number of nitrogens with two attached hydrogens (primary N) is 1. The first kappa shape index (κ1) is 13.0. The molecule has 0 bridgehead atoms. The number of aryl methyl sites for hydroxylation is 1. The van der Waals surface area contributed by atoms with E-state index in [2.05, 4.69) is 5.32 Å². The van der Waals surface area contributed by atoms with Crippen LogP contribution < -0.4 is 11.1 Å². The topological polar surface area (TPSA) is 92.4 Å². The lowest BCUT2D eigenvalue weighted by molar-refractivity contribution is -0.140. The average Bonchev–Trinajstić information content (AvgIpc) is 2.28. The van der Waals surface area contributed by atoms with Crippen LogP contribution in [0.4, 0.5) is 5.69 Å². The maximum atomic E-state index is 11.8. The van der Waals surface area contributed by atoms with Gasteiger partial charge in [-0.15, -0.1) is 0 Å². The Morgan fingerprint density at radius 1 is 1.47 bits per heavy atom. The summed E-state index contributed by atoms with van der Waals surface area (Å²) in [7, 11) is 0. The van der Waals surface area contributed by atoms with Crippen LogP contribution in [0.2, 0.25) is 0 Å². The molecule has 1 amide bonds. The van der Waals surface area contributed by atoms with Crippen LogP contribution in [-0.4, -0.2) is 23.5 Å². The summed E-state index contributed by atoms with van der Waals surface area (Å²) < 4.78 is 0. The first-order chi connectivity index (χ1) is 7.91. The highest BCUT2D eigenvalue weighted by molar-refractivity contribution is 5.99. The molecule has 0 radical (unpaired) electrons. The molecule has 0 saturated heterocycles. The SMILES string of the molecule is Cc1ccc(N)c(C(=O)NCC(C)C(=O)O)c1. The number of carboxylic acids is 1. The molecule has 1 unspecified atom stereocenters. The van der Waals surface area contributed by atoms with Crippen LogP contribution in [-0.2, 0) is 4.79 Å². The van der Waals surface area contributed by atoms with Gasteiger partial charge in [-0.3, -0.25) is 9.59 Å². The van der Waals surface area contributed by atoms with Crippen molar-refractivity contribution < 1.29 is 14.7 Å². The smallest absolute Gasteiger partial charge is 0.308 e. The highest BCUT2D eigenvalue weighted by Gasteiger charge is 2.14. The van der Waals surface area contributed by atoms with Crippen molar-refractivity contribution in [2.45, 2.75) is 13.8 Å². The van der Waals surface area contributed by atoms with Gasteiger partial charge in [0.15, 0.2) is 0 Å². The number of nitrogen functional groups attached to an aromatic ring is 1. The number of carbonyl (C=O) groups is 2. The minimum Gasteiger partial charge on any atom is -0.481 e. The third kappa shape index (κ3) is 3.48. The monoisotopic (exact) mass is 236 g/mol. The Hall–Kier alpha value is -2.04. The lowest BCUT2D eigenvalue weighted by Crippen LogP contribution is -2.31. The first-order valence-corrected chi connectivity index (χ1v) is 5.29. The van der Waals surface area contributed by atoms with Gasteiger partial charge >= 0.3 is 5.97 Å². The largest absolute Gasteiger partial charge is 0.481 e. The predicted octanol–water partition coefficient (Wildman–Crippen LogP) is 1.03. The molecule has 5 nitrogen and oxygen atoms in total. The molecule has 0 aliphatic carbocycles. The summed E-state index contributed by atoms with van der Waals surface area (Å²) in [5.41, 5.74) is 7.37. The van der Waals surface area contributed by atoms with Gasteiger partial charge in [0.05, 0.1) is 11.5 Å². The maximum Gasteiger partial charge on any atom is 0.308 e. The molecule has 0 spiro atoms. The van der Waals surface area contributed by atoms with E-state index in [4.69, 9.17) is 10.8 Å². The summed E-state index contributed by atoms with van der Waals surface area (Å²) in [5, 5.41) is 11.2. The molecular weight excluding hydrogens is 220 g/mol. The van der Waals surface area contributed by atoms with Gasteiger partial charge in [-0.05, 0) is 19.1 Å². The molecule has 1 aromatic carbocycles. The Kier molecular flexibility index (Phi) is 4.09. The second-order valence-electron chi connectivity index (χ2n) is 4.04. The standard InChI is InChI=1S/C12H16N2O3/c1-7-3-4-10(13)9(5-7)11(15)14-6-8(2)12(16)17/h3-5,8H,6,13H2,1-2H3,(H,14,15)(H,16,17). The number of rotatable bonds is 4. The molecule has 0 heterocycles. The molecule has 0 aromatic heterocycles. The lowest BCUT2D eigenvalue weighted by atomic mass is 10.1. The molecule has 0 aliphatic heterocycles. The number of nitrogens with one attached hydrogen (secondary N) is 1. The summed E-state index contributed by atoms with van der Waals surface area (Å²) in [4.78, 5) is 22.4. The molecule has 5 heteroatoms.